The second-order valence-electron chi connectivity index (χ2n) is 5.42. The van der Waals surface area contributed by atoms with Crippen molar-refractivity contribution in [2.45, 2.75) is 32.9 Å². The van der Waals surface area contributed by atoms with Crippen molar-refractivity contribution in [3.05, 3.63) is 16.6 Å². The minimum atomic E-state index is -1.06. The van der Waals surface area contributed by atoms with Gasteiger partial charge in [-0.2, -0.15) is 0 Å². The largest absolute Gasteiger partial charge is 0.480 e. The Hall–Kier alpha value is -1.67. The summed E-state index contributed by atoms with van der Waals surface area (Å²) in [6.45, 7) is 5.31. The summed E-state index contributed by atoms with van der Waals surface area (Å²) >= 11 is 1.44. The van der Waals surface area contributed by atoms with Crippen LogP contribution in [-0.2, 0) is 16.1 Å². The fourth-order valence-electron chi connectivity index (χ4n) is 1.66. The number of nitrogens with zero attached hydrogens (tertiary/aromatic N) is 2. The van der Waals surface area contributed by atoms with Crippen LogP contribution in [0.5, 0.6) is 0 Å². The van der Waals surface area contributed by atoms with E-state index in [-0.39, 0.29) is 6.42 Å². The van der Waals surface area contributed by atoms with Gasteiger partial charge in [0.25, 0.3) is 0 Å². The Labute approximate surface area is 134 Å². The molecule has 0 aliphatic carbocycles. The number of ether oxygens (including phenoxy) is 1. The standard InChI is InChI=1S/C14H23N3O4S/c1-10(2)8-21-5-4-12(13(18)19)16-14(20)17(3)7-11-6-15-9-22-11/h6,9-10,12H,4-5,7-8H2,1-3H3,(H,16,20)(H,18,19)/t12-/m0/s1. The van der Waals surface area contributed by atoms with Crippen molar-refractivity contribution in [1.82, 2.24) is 15.2 Å². The maximum atomic E-state index is 12.0. The lowest BCUT2D eigenvalue weighted by Gasteiger charge is -2.21. The molecule has 0 aliphatic rings. The number of nitrogens with one attached hydrogen (secondary N) is 1. The lowest BCUT2D eigenvalue weighted by Crippen LogP contribution is -2.46. The van der Waals surface area contributed by atoms with Gasteiger partial charge in [0.15, 0.2) is 0 Å². The van der Waals surface area contributed by atoms with E-state index in [4.69, 9.17) is 4.74 Å². The van der Waals surface area contributed by atoms with Crippen molar-refractivity contribution in [2.24, 2.45) is 5.92 Å². The minimum absolute atomic E-state index is 0.238. The summed E-state index contributed by atoms with van der Waals surface area (Å²) in [6.07, 6.45) is 1.92. The molecule has 0 bridgehead atoms. The van der Waals surface area contributed by atoms with Crippen LogP contribution in [0.4, 0.5) is 4.79 Å². The quantitative estimate of drug-likeness (QED) is 0.674. The zero-order valence-electron chi connectivity index (χ0n) is 13.1. The third kappa shape index (κ3) is 6.86. The molecule has 0 radical (unpaired) electrons. The highest BCUT2D eigenvalue weighted by Crippen LogP contribution is 2.08. The van der Waals surface area contributed by atoms with Crippen LogP contribution in [0.15, 0.2) is 11.7 Å². The van der Waals surface area contributed by atoms with Gasteiger partial charge in [0.05, 0.1) is 12.1 Å². The number of hydrogen-bond acceptors (Lipinski definition) is 5. The van der Waals surface area contributed by atoms with Gasteiger partial charge in [-0.05, 0) is 5.92 Å². The highest BCUT2D eigenvalue weighted by Gasteiger charge is 2.21. The topological polar surface area (TPSA) is 91.8 Å². The van der Waals surface area contributed by atoms with Crippen molar-refractivity contribution in [1.29, 1.82) is 0 Å². The molecule has 1 aromatic rings. The lowest BCUT2D eigenvalue weighted by molar-refractivity contribution is -0.139. The first-order valence-electron chi connectivity index (χ1n) is 7.09. The Balaban J connectivity index is 2.40. The van der Waals surface area contributed by atoms with Crippen LogP contribution in [-0.4, -0.2) is 53.3 Å². The van der Waals surface area contributed by atoms with Crippen LogP contribution < -0.4 is 5.32 Å². The van der Waals surface area contributed by atoms with Crippen LogP contribution in [0.25, 0.3) is 0 Å². The van der Waals surface area contributed by atoms with E-state index in [2.05, 4.69) is 10.3 Å². The smallest absolute Gasteiger partial charge is 0.326 e. The number of urea groups is 1. The van der Waals surface area contributed by atoms with E-state index >= 15 is 0 Å². The average Bonchev–Trinajstić information content (AvgIpc) is 2.94. The number of amides is 2. The number of carboxylic acid groups (broad SMARTS) is 1. The third-order valence-electron chi connectivity index (χ3n) is 2.82. The van der Waals surface area contributed by atoms with Gasteiger partial charge in [0.2, 0.25) is 0 Å². The lowest BCUT2D eigenvalue weighted by atomic mass is 10.2. The average molecular weight is 329 g/mol. The number of aliphatic carboxylic acids is 1. The molecule has 2 N–H and O–H groups in total. The Morgan fingerprint density at radius 2 is 2.23 bits per heavy atom. The van der Waals surface area contributed by atoms with Crippen LogP contribution in [0.1, 0.15) is 25.1 Å². The molecule has 0 spiro atoms. The molecule has 1 heterocycles. The second-order valence-corrected chi connectivity index (χ2v) is 6.39. The molecule has 0 fully saturated rings. The van der Waals surface area contributed by atoms with Gasteiger partial charge >= 0.3 is 12.0 Å². The first-order chi connectivity index (χ1) is 10.4. The summed E-state index contributed by atoms with van der Waals surface area (Å²) in [7, 11) is 1.61. The fourth-order valence-corrected chi connectivity index (χ4v) is 2.31. The van der Waals surface area contributed by atoms with Crippen LogP contribution >= 0.6 is 11.3 Å². The summed E-state index contributed by atoms with van der Waals surface area (Å²) in [5, 5.41) is 11.7. The van der Waals surface area contributed by atoms with Gasteiger partial charge < -0.3 is 20.1 Å². The number of hydrogen-bond donors (Lipinski definition) is 2. The molecule has 1 atom stereocenters. The van der Waals surface area contributed by atoms with E-state index in [1.807, 2.05) is 13.8 Å². The predicted molar refractivity (Wildman–Crippen MR) is 83.8 cm³/mol. The first-order valence-corrected chi connectivity index (χ1v) is 7.97. The molecule has 1 aromatic heterocycles. The molecular formula is C14H23N3O4S. The van der Waals surface area contributed by atoms with Crippen molar-refractivity contribution in [2.75, 3.05) is 20.3 Å². The molecule has 0 unspecified atom stereocenters. The number of carbonyl (C=O) groups excluding carboxylic acids is 1. The van der Waals surface area contributed by atoms with Gasteiger partial charge in [0.1, 0.15) is 6.04 Å². The highest BCUT2D eigenvalue weighted by atomic mass is 32.1. The Morgan fingerprint density at radius 3 is 2.77 bits per heavy atom. The predicted octanol–water partition coefficient (Wildman–Crippen LogP) is 1.80. The number of thiazole rings is 1. The molecule has 22 heavy (non-hydrogen) atoms. The summed E-state index contributed by atoms with van der Waals surface area (Å²) in [5.41, 5.74) is 1.69. The SMILES string of the molecule is CC(C)COCC[C@H](NC(=O)N(C)Cc1cncs1)C(=O)O. The zero-order valence-corrected chi connectivity index (χ0v) is 13.9. The van der Waals surface area contributed by atoms with Gasteiger partial charge in [-0.25, -0.2) is 9.59 Å². The summed E-state index contributed by atoms with van der Waals surface area (Å²) in [5.74, 6) is -0.670. The Bertz CT molecular complexity index is 465. The number of aromatic nitrogens is 1. The molecule has 0 aromatic carbocycles. The number of carbonyl (C=O) groups is 2. The minimum Gasteiger partial charge on any atom is -0.480 e. The third-order valence-corrected chi connectivity index (χ3v) is 3.59. The molecule has 7 nitrogen and oxygen atoms in total. The van der Waals surface area contributed by atoms with E-state index in [1.165, 1.54) is 16.2 Å². The second kappa shape index (κ2) is 9.37. The summed E-state index contributed by atoms with van der Waals surface area (Å²) < 4.78 is 5.37. The molecule has 2 amide bonds. The Kier molecular flexibility index (Phi) is 7.83. The summed E-state index contributed by atoms with van der Waals surface area (Å²) in [6, 6.07) is -1.38. The van der Waals surface area contributed by atoms with Crippen molar-refractivity contribution in [3.63, 3.8) is 0 Å². The van der Waals surface area contributed by atoms with E-state index in [0.717, 1.165) is 4.88 Å². The highest BCUT2D eigenvalue weighted by molar-refractivity contribution is 7.09. The number of rotatable bonds is 9. The zero-order chi connectivity index (χ0) is 16.5. The van der Waals surface area contributed by atoms with E-state index < -0.39 is 18.0 Å². The molecule has 0 saturated heterocycles. The fraction of sp³-hybridized carbons (Fsp3) is 0.643. The van der Waals surface area contributed by atoms with Crippen LogP contribution in [0, 0.1) is 5.92 Å². The molecule has 0 saturated carbocycles. The molecule has 0 aliphatic heterocycles. The van der Waals surface area contributed by atoms with Crippen LogP contribution in [0.3, 0.4) is 0 Å². The van der Waals surface area contributed by atoms with Crippen LogP contribution in [0.2, 0.25) is 0 Å². The maximum absolute atomic E-state index is 12.0. The Morgan fingerprint density at radius 1 is 1.50 bits per heavy atom. The van der Waals surface area contributed by atoms with E-state index in [0.29, 0.717) is 25.7 Å². The summed E-state index contributed by atoms with van der Waals surface area (Å²) in [4.78, 5) is 29.5. The maximum Gasteiger partial charge on any atom is 0.326 e. The van der Waals surface area contributed by atoms with E-state index in [1.54, 1.807) is 18.8 Å². The normalized spacial score (nSPS) is 12.2. The first kappa shape index (κ1) is 18.4. The van der Waals surface area contributed by atoms with Crippen molar-refractivity contribution < 1.29 is 19.4 Å². The molecular weight excluding hydrogens is 306 g/mol. The van der Waals surface area contributed by atoms with E-state index in [9.17, 15) is 14.7 Å². The number of carboxylic acids is 1. The van der Waals surface area contributed by atoms with Crippen molar-refractivity contribution >= 4 is 23.3 Å². The van der Waals surface area contributed by atoms with Gasteiger partial charge in [0, 0.05) is 37.8 Å². The van der Waals surface area contributed by atoms with Gasteiger partial charge in [-0.15, -0.1) is 11.3 Å². The molecule has 1 rings (SSSR count). The monoisotopic (exact) mass is 329 g/mol. The van der Waals surface area contributed by atoms with Crippen molar-refractivity contribution in [3.8, 4) is 0 Å². The van der Waals surface area contributed by atoms with Gasteiger partial charge in [-0.3, -0.25) is 4.98 Å². The molecule has 124 valence electrons. The van der Waals surface area contributed by atoms with Gasteiger partial charge in [-0.1, -0.05) is 13.8 Å². The molecule has 8 heteroatoms.